The lowest BCUT2D eigenvalue weighted by Gasteiger charge is -2.30. The van der Waals surface area contributed by atoms with Crippen LogP contribution in [0.25, 0.3) is 0 Å². The van der Waals surface area contributed by atoms with Gasteiger partial charge in [0.15, 0.2) is 0 Å². The summed E-state index contributed by atoms with van der Waals surface area (Å²) in [5.41, 5.74) is 2.05. The Morgan fingerprint density at radius 3 is 1.96 bits per heavy atom. The van der Waals surface area contributed by atoms with Crippen molar-refractivity contribution in [2.75, 3.05) is 30.5 Å². The van der Waals surface area contributed by atoms with Crippen LogP contribution >= 0.6 is 23.1 Å². The van der Waals surface area contributed by atoms with Gasteiger partial charge < -0.3 is 19.5 Å². The number of hydrogen-bond acceptors (Lipinski definition) is 11. The third-order valence-electron chi connectivity index (χ3n) is 8.14. The summed E-state index contributed by atoms with van der Waals surface area (Å²) in [7, 11) is 1.54. The van der Waals surface area contributed by atoms with Crippen LogP contribution in [0.3, 0.4) is 0 Å². The zero-order valence-electron chi connectivity index (χ0n) is 26.7. The first-order valence-electron chi connectivity index (χ1n) is 15.4. The zero-order valence-corrected chi connectivity index (χ0v) is 28.3. The lowest BCUT2D eigenvalue weighted by Crippen LogP contribution is -2.33. The molecule has 3 heterocycles. The fourth-order valence-electron chi connectivity index (χ4n) is 5.89. The molecule has 2 aliphatic rings. The Morgan fingerprint density at radius 2 is 1.39 bits per heavy atom. The molecule has 1 N–H and O–H groups in total. The third-order valence-corrected chi connectivity index (χ3v) is 10.7. The molecule has 0 saturated carbocycles. The number of nitrogens with zero attached hydrogens (tertiary/aromatic N) is 2. The second kappa shape index (κ2) is 14.1. The molecule has 3 atom stereocenters. The van der Waals surface area contributed by atoms with E-state index >= 15 is 0 Å². The number of thioether (sulfide) groups is 1. The summed E-state index contributed by atoms with van der Waals surface area (Å²) in [5, 5.41) is 2.29. The van der Waals surface area contributed by atoms with Crippen LogP contribution < -0.4 is 19.8 Å². The number of methoxy groups -OCH3 is 1. The normalized spacial score (nSPS) is 18.0. The number of carbonyl (C=O) groups is 5. The van der Waals surface area contributed by atoms with Gasteiger partial charge in [-0.05, 0) is 80.1 Å². The Kier molecular flexibility index (Phi) is 9.69. The number of ether oxygens (including phenoxy) is 3. The van der Waals surface area contributed by atoms with Crippen LogP contribution in [-0.2, 0) is 30.4 Å². The van der Waals surface area contributed by atoms with Gasteiger partial charge in [0.2, 0.25) is 17.7 Å². The molecule has 49 heavy (non-hydrogen) atoms. The number of fused-ring (bicyclic) bond motifs is 2. The van der Waals surface area contributed by atoms with Crippen LogP contribution in [0.2, 0.25) is 0 Å². The van der Waals surface area contributed by atoms with Crippen LogP contribution in [0, 0.1) is 5.92 Å². The average molecular weight is 702 g/mol. The molecule has 2 aliphatic heterocycles. The predicted octanol–water partition coefficient (Wildman–Crippen LogP) is 4.71. The minimum absolute atomic E-state index is 0.206. The Morgan fingerprint density at radius 1 is 0.796 bits per heavy atom. The fourth-order valence-corrected chi connectivity index (χ4v) is 8.66. The van der Waals surface area contributed by atoms with Crippen molar-refractivity contribution in [3.8, 4) is 5.75 Å². The van der Waals surface area contributed by atoms with E-state index in [1.54, 1.807) is 50.2 Å². The number of imide groups is 1. The van der Waals surface area contributed by atoms with E-state index < -0.39 is 51.6 Å². The van der Waals surface area contributed by atoms with Crippen molar-refractivity contribution >= 4 is 64.1 Å². The molecule has 3 aromatic carbocycles. The number of benzene rings is 3. The molecule has 252 valence electrons. The molecule has 6 rings (SSSR count). The van der Waals surface area contributed by atoms with Gasteiger partial charge in [-0.3, -0.25) is 23.7 Å². The lowest BCUT2D eigenvalue weighted by molar-refractivity contribution is -0.122. The van der Waals surface area contributed by atoms with Gasteiger partial charge in [0.05, 0.1) is 48.1 Å². The van der Waals surface area contributed by atoms with Gasteiger partial charge >= 0.3 is 16.8 Å². The Bertz CT molecular complexity index is 1990. The number of amides is 3. The quantitative estimate of drug-likeness (QED) is 0.182. The number of nitrogens with one attached hydrogen (secondary N) is 1. The number of aromatic nitrogens is 1. The smallest absolute Gasteiger partial charge is 0.338 e. The molecule has 0 unspecified atom stereocenters. The maximum Gasteiger partial charge on any atom is 0.338 e. The lowest BCUT2D eigenvalue weighted by atomic mass is 9.83. The minimum Gasteiger partial charge on any atom is -0.497 e. The molecule has 4 aromatic rings. The molecule has 0 bridgehead atoms. The highest BCUT2D eigenvalue weighted by atomic mass is 32.2. The van der Waals surface area contributed by atoms with Gasteiger partial charge in [-0.1, -0.05) is 35.2 Å². The number of rotatable bonds is 10. The summed E-state index contributed by atoms with van der Waals surface area (Å²) in [4.78, 5) is 80.3. The number of hydrogen-bond donors (Lipinski definition) is 1. The van der Waals surface area contributed by atoms with E-state index in [4.69, 9.17) is 14.2 Å². The van der Waals surface area contributed by atoms with Crippen molar-refractivity contribution in [1.29, 1.82) is 0 Å². The average Bonchev–Trinajstić information content (AvgIpc) is 3.55. The second-order valence-electron chi connectivity index (χ2n) is 11.1. The fraction of sp³-hybridized carbons (Fsp3) is 0.257. The highest BCUT2D eigenvalue weighted by Gasteiger charge is 2.56. The molecule has 14 heteroatoms. The molecular weight excluding hydrogens is 671 g/mol. The Balaban J connectivity index is 1.32. The summed E-state index contributed by atoms with van der Waals surface area (Å²) >= 11 is 2.03. The number of thiazole rings is 1. The summed E-state index contributed by atoms with van der Waals surface area (Å²) < 4.78 is 16.7. The number of anilines is 2. The van der Waals surface area contributed by atoms with Gasteiger partial charge in [0.1, 0.15) is 17.5 Å². The van der Waals surface area contributed by atoms with Gasteiger partial charge in [0.25, 0.3) is 0 Å². The number of carbonyl (C=O) groups excluding carboxylic acids is 5. The molecule has 0 spiro atoms. The SMILES string of the molecule is CCOC(=O)c1ccc(NC(=O)Cn2c3c(sc2=O)[C@@H](c2ccc(OC)cc2)[C@H]2C(=O)N(c4ccc(C(=O)OCC)cc4)C(=O)[C@H]2S3)cc1. The van der Waals surface area contributed by atoms with E-state index in [-0.39, 0.29) is 25.3 Å². The van der Waals surface area contributed by atoms with Gasteiger partial charge in [-0.15, -0.1) is 0 Å². The predicted molar refractivity (Wildman–Crippen MR) is 182 cm³/mol. The molecule has 1 fully saturated rings. The standard InChI is InChI=1S/C35H31N3O9S2/c1-4-46-33(42)20-6-12-22(13-7-20)36-25(39)18-37-32-29(49-35(37)44)26(19-10-16-24(45-3)17-11-19)27-28(48-32)31(41)38(30(27)40)23-14-8-21(9-15-23)34(43)47-5-2/h6-17,26-28H,4-5,18H2,1-3H3,(H,36,39)/t26-,27+,28-/m0/s1. The zero-order chi connectivity index (χ0) is 34.8. The first kappa shape index (κ1) is 33.7. The summed E-state index contributed by atoms with van der Waals surface area (Å²) in [6, 6.07) is 19.3. The van der Waals surface area contributed by atoms with E-state index in [1.807, 2.05) is 0 Å². The molecule has 0 aliphatic carbocycles. The molecule has 3 amide bonds. The summed E-state index contributed by atoms with van der Waals surface area (Å²) in [5.74, 6) is -3.30. The van der Waals surface area contributed by atoms with Crippen molar-refractivity contribution < 1.29 is 38.2 Å². The molecule has 12 nitrogen and oxygen atoms in total. The van der Waals surface area contributed by atoms with Crippen LogP contribution in [0.4, 0.5) is 11.4 Å². The first-order valence-corrected chi connectivity index (χ1v) is 17.1. The van der Waals surface area contributed by atoms with Crippen LogP contribution in [-0.4, -0.2) is 59.8 Å². The topological polar surface area (TPSA) is 150 Å². The molecule has 0 radical (unpaired) electrons. The first-order chi connectivity index (χ1) is 23.6. The maximum absolute atomic E-state index is 14.2. The van der Waals surface area contributed by atoms with Gasteiger partial charge in [-0.2, -0.15) is 0 Å². The number of esters is 2. The van der Waals surface area contributed by atoms with E-state index in [1.165, 1.54) is 48.1 Å². The van der Waals surface area contributed by atoms with Crippen molar-refractivity contribution in [3.63, 3.8) is 0 Å². The highest BCUT2D eigenvalue weighted by Crippen LogP contribution is 2.54. The second-order valence-corrected chi connectivity index (χ2v) is 13.2. The Labute approximate surface area is 289 Å². The third kappa shape index (κ3) is 6.48. The van der Waals surface area contributed by atoms with Crippen molar-refractivity contribution in [2.45, 2.75) is 36.6 Å². The van der Waals surface area contributed by atoms with Crippen molar-refractivity contribution in [2.24, 2.45) is 5.92 Å². The van der Waals surface area contributed by atoms with Crippen LogP contribution in [0.15, 0.2) is 82.6 Å². The largest absolute Gasteiger partial charge is 0.497 e. The van der Waals surface area contributed by atoms with Crippen LogP contribution in [0.1, 0.15) is 50.9 Å². The van der Waals surface area contributed by atoms with Crippen molar-refractivity contribution in [1.82, 2.24) is 4.57 Å². The monoisotopic (exact) mass is 701 g/mol. The van der Waals surface area contributed by atoms with E-state index in [9.17, 15) is 28.8 Å². The van der Waals surface area contributed by atoms with Crippen molar-refractivity contribution in [3.05, 3.63) is 104 Å². The van der Waals surface area contributed by atoms with E-state index in [2.05, 4.69) is 5.32 Å². The summed E-state index contributed by atoms with van der Waals surface area (Å²) in [6.07, 6.45) is 0. The Hall–Kier alpha value is -5.21. The van der Waals surface area contributed by atoms with Gasteiger partial charge in [-0.25, -0.2) is 14.5 Å². The summed E-state index contributed by atoms with van der Waals surface area (Å²) in [6.45, 7) is 3.50. The van der Waals surface area contributed by atoms with Crippen LogP contribution in [0.5, 0.6) is 5.75 Å². The molecule has 1 aromatic heterocycles. The molecular formula is C35H31N3O9S2. The molecule has 1 saturated heterocycles. The van der Waals surface area contributed by atoms with E-state index in [0.29, 0.717) is 38.2 Å². The van der Waals surface area contributed by atoms with E-state index in [0.717, 1.165) is 28.0 Å². The maximum atomic E-state index is 14.2. The van der Waals surface area contributed by atoms with Gasteiger partial charge in [0, 0.05) is 16.5 Å². The highest BCUT2D eigenvalue weighted by molar-refractivity contribution is 8.00. The minimum atomic E-state index is -0.893.